The van der Waals surface area contributed by atoms with E-state index in [0.717, 1.165) is 0 Å². The van der Waals surface area contributed by atoms with Crippen LogP contribution in [0.2, 0.25) is 0 Å². The van der Waals surface area contributed by atoms with Gasteiger partial charge < -0.3 is 16.0 Å². The molecule has 1 aromatic heterocycles. The van der Waals surface area contributed by atoms with Gasteiger partial charge in [-0.1, -0.05) is 13.8 Å². The number of nitrogens with zero attached hydrogens (tertiary/aromatic N) is 3. The summed E-state index contributed by atoms with van der Waals surface area (Å²) in [6.07, 6.45) is 1.45. The van der Waals surface area contributed by atoms with Crippen LogP contribution in [-0.4, -0.2) is 45.3 Å². The molecule has 0 bridgehead atoms. The quantitative estimate of drug-likeness (QED) is 0.828. The lowest BCUT2D eigenvalue weighted by atomic mass is 9.98. The maximum absolute atomic E-state index is 12.7. The van der Waals surface area contributed by atoms with Crippen molar-refractivity contribution in [3.63, 3.8) is 0 Å². The topological polar surface area (TPSA) is 101 Å². The Balaban J connectivity index is 2.39. The fourth-order valence-electron chi connectivity index (χ4n) is 2.24. The molecule has 1 aliphatic heterocycles. The predicted octanol–water partition coefficient (Wildman–Crippen LogP) is 0.533. The largest absolute Gasteiger partial charge is 0.396 e. The first kappa shape index (κ1) is 15.2. The lowest BCUT2D eigenvalue weighted by Gasteiger charge is -2.41. The number of rotatable bonds is 2. The second-order valence-electron chi connectivity index (χ2n) is 5.96. The Bertz CT molecular complexity index is 583. The molecule has 2 amide bonds. The number of nitrogen functional groups attached to an aromatic ring is 1. The van der Waals surface area contributed by atoms with Crippen molar-refractivity contribution >= 4 is 17.5 Å². The van der Waals surface area contributed by atoms with E-state index in [2.05, 4.69) is 15.3 Å². The maximum Gasteiger partial charge on any atom is 0.275 e. The van der Waals surface area contributed by atoms with Crippen molar-refractivity contribution in [3.05, 3.63) is 17.7 Å². The van der Waals surface area contributed by atoms with Gasteiger partial charge in [-0.3, -0.25) is 9.59 Å². The normalized spacial score (nSPS) is 17.8. The van der Waals surface area contributed by atoms with Crippen LogP contribution in [0.1, 0.15) is 49.9 Å². The number of carbonyl (C=O) groups excluding carboxylic acids is 2. The highest BCUT2D eigenvalue weighted by Gasteiger charge is 2.41. The zero-order chi connectivity index (χ0) is 15.8. The Morgan fingerprint density at radius 1 is 1.48 bits per heavy atom. The van der Waals surface area contributed by atoms with Crippen molar-refractivity contribution in [1.82, 2.24) is 20.2 Å². The molecule has 7 nitrogen and oxygen atoms in total. The van der Waals surface area contributed by atoms with Gasteiger partial charge in [0.1, 0.15) is 11.4 Å². The summed E-state index contributed by atoms with van der Waals surface area (Å²) >= 11 is 0. The molecule has 1 fully saturated rings. The minimum atomic E-state index is -0.926. The van der Waals surface area contributed by atoms with Crippen LogP contribution in [0.15, 0.2) is 6.20 Å². The lowest BCUT2D eigenvalue weighted by molar-refractivity contribution is -0.133. The summed E-state index contributed by atoms with van der Waals surface area (Å²) in [6, 6.07) is 0. The Morgan fingerprint density at radius 3 is 2.76 bits per heavy atom. The summed E-state index contributed by atoms with van der Waals surface area (Å²) in [5.74, 6) is 0.136. The molecule has 1 saturated heterocycles. The van der Waals surface area contributed by atoms with Gasteiger partial charge in [-0.25, -0.2) is 9.97 Å². The second-order valence-corrected chi connectivity index (χ2v) is 5.96. The second kappa shape index (κ2) is 5.31. The van der Waals surface area contributed by atoms with Crippen LogP contribution in [0, 0.1) is 0 Å². The standard InChI is InChI=1S/C14H21N5O2/c1-8(2)11-17-7-9(15)10(18-11)12(20)19-6-5-16-13(21)14(19,3)4/h7-8H,5-6,15H2,1-4H3,(H,16,21). The summed E-state index contributed by atoms with van der Waals surface area (Å²) in [6.45, 7) is 8.16. The molecule has 7 heteroatoms. The number of carbonyl (C=O) groups is 2. The molecule has 0 aromatic carbocycles. The van der Waals surface area contributed by atoms with E-state index in [-0.39, 0.29) is 29.1 Å². The van der Waals surface area contributed by atoms with E-state index in [1.807, 2.05) is 13.8 Å². The Labute approximate surface area is 123 Å². The molecule has 114 valence electrons. The van der Waals surface area contributed by atoms with Crippen molar-refractivity contribution in [2.75, 3.05) is 18.8 Å². The molecule has 2 rings (SSSR count). The molecule has 0 aliphatic carbocycles. The van der Waals surface area contributed by atoms with E-state index in [4.69, 9.17) is 5.73 Å². The van der Waals surface area contributed by atoms with Crippen molar-refractivity contribution < 1.29 is 9.59 Å². The van der Waals surface area contributed by atoms with Crippen LogP contribution in [0.5, 0.6) is 0 Å². The zero-order valence-corrected chi connectivity index (χ0v) is 12.8. The van der Waals surface area contributed by atoms with Gasteiger partial charge in [0.05, 0.1) is 11.9 Å². The molecule has 0 radical (unpaired) electrons. The van der Waals surface area contributed by atoms with Gasteiger partial charge >= 0.3 is 0 Å². The molecule has 0 unspecified atom stereocenters. The number of amides is 2. The van der Waals surface area contributed by atoms with E-state index < -0.39 is 5.54 Å². The molecular weight excluding hydrogens is 270 g/mol. The molecule has 0 saturated carbocycles. The summed E-state index contributed by atoms with van der Waals surface area (Å²) < 4.78 is 0. The summed E-state index contributed by atoms with van der Waals surface area (Å²) in [7, 11) is 0. The van der Waals surface area contributed by atoms with Crippen LogP contribution < -0.4 is 11.1 Å². The number of nitrogens with one attached hydrogen (secondary N) is 1. The first-order valence-corrected chi connectivity index (χ1v) is 6.97. The number of piperazine rings is 1. The van der Waals surface area contributed by atoms with Crippen LogP contribution in [-0.2, 0) is 4.79 Å². The van der Waals surface area contributed by atoms with Crippen LogP contribution in [0.3, 0.4) is 0 Å². The van der Waals surface area contributed by atoms with Crippen molar-refractivity contribution in [1.29, 1.82) is 0 Å². The Hall–Kier alpha value is -2.18. The van der Waals surface area contributed by atoms with Crippen LogP contribution >= 0.6 is 0 Å². The minimum Gasteiger partial charge on any atom is -0.396 e. The van der Waals surface area contributed by atoms with Crippen LogP contribution in [0.25, 0.3) is 0 Å². The third kappa shape index (κ3) is 2.68. The van der Waals surface area contributed by atoms with E-state index in [1.54, 1.807) is 13.8 Å². The van der Waals surface area contributed by atoms with Gasteiger partial charge in [-0.2, -0.15) is 0 Å². The van der Waals surface area contributed by atoms with E-state index in [1.165, 1.54) is 11.1 Å². The predicted molar refractivity (Wildman–Crippen MR) is 78.7 cm³/mol. The zero-order valence-electron chi connectivity index (χ0n) is 12.8. The number of anilines is 1. The van der Waals surface area contributed by atoms with E-state index >= 15 is 0 Å². The molecule has 1 aliphatic rings. The lowest BCUT2D eigenvalue weighted by Crippen LogP contribution is -2.63. The number of hydrogen-bond acceptors (Lipinski definition) is 5. The number of hydrogen-bond donors (Lipinski definition) is 2. The molecule has 0 spiro atoms. The molecular formula is C14H21N5O2. The average Bonchev–Trinajstić information content (AvgIpc) is 2.41. The minimum absolute atomic E-state index is 0.0924. The Kier molecular flexibility index (Phi) is 3.85. The monoisotopic (exact) mass is 291 g/mol. The molecule has 2 heterocycles. The van der Waals surface area contributed by atoms with Crippen molar-refractivity contribution in [3.8, 4) is 0 Å². The van der Waals surface area contributed by atoms with E-state index in [9.17, 15) is 9.59 Å². The first-order chi connectivity index (χ1) is 9.75. The van der Waals surface area contributed by atoms with Crippen LogP contribution in [0.4, 0.5) is 5.69 Å². The van der Waals surface area contributed by atoms with Gasteiger partial charge in [0.25, 0.3) is 5.91 Å². The van der Waals surface area contributed by atoms with Gasteiger partial charge in [-0.05, 0) is 13.8 Å². The third-order valence-electron chi connectivity index (χ3n) is 3.65. The number of nitrogens with two attached hydrogens (primary N) is 1. The summed E-state index contributed by atoms with van der Waals surface area (Å²) in [5.41, 5.74) is 5.31. The first-order valence-electron chi connectivity index (χ1n) is 6.97. The van der Waals surface area contributed by atoms with Gasteiger partial charge in [0, 0.05) is 19.0 Å². The van der Waals surface area contributed by atoms with Gasteiger partial charge in [0.15, 0.2) is 5.69 Å². The fraction of sp³-hybridized carbons (Fsp3) is 0.571. The molecule has 1 aromatic rings. The number of aromatic nitrogens is 2. The van der Waals surface area contributed by atoms with Gasteiger partial charge in [0.2, 0.25) is 5.91 Å². The SMILES string of the molecule is CC(C)c1ncc(N)c(C(=O)N2CCNC(=O)C2(C)C)n1. The maximum atomic E-state index is 12.7. The van der Waals surface area contributed by atoms with E-state index in [0.29, 0.717) is 18.9 Å². The highest BCUT2D eigenvalue weighted by Crippen LogP contribution is 2.22. The smallest absolute Gasteiger partial charge is 0.275 e. The van der Waals surface area contributed by atoms with Crippen molar-refractivity contribution in [2.24, 2.45) is 0 Å². The average molecular weight is 291 g/mol. The highest BCUT2D eigenvalue weighted by molar-refractivity contribution is 6.01. The molecule has 3 N–H and O–H groups in total. The van der Waals surface area contributed by atoms with Crippen molar-refractivity contribution in [2.45, 2.75) is 39.2 Å². The van der Waals surface area contributed by atoms with Gasteiger partial charge in [-0.15, -0.1) is 0 Å². The summed E-state index contributed by atoms with van der Waals surface area (Å²) in [5, 5.41) is 2.76. The molecule has 21 heavy (non-hydrogen) atoms. The molecule has 0 atom stereocenters. The highest BCUT2D eigenvalue weighted by atomic mass is 16.2. The third-order valence-corrected chi connectivity index (χ3v) is 3.65. The Morgan fingerprint density at radius 2 is 2.14 bits per heavy atom. The summed E-state index contributed by atoms with van der Waals surface area (Å²) in [4.78, 5) is 34.6. The fourth-order valence-corrected chi connectivity index (χ4v) is 2.24.